The first kappa shape index (κ1) is 18.5. The number of likely N-dealkylation sites (tertiary alicyclic amines) is 1. The lowest BCUT2D eigenvalue weighted by Crippen LogP contribution is -2.47. The summed E-state index contributed by atoms with van der Waals surface area (Å²) in [6.45, 7) is 3.78. The van der Waals surface area contributed by atoms with Gasteiger partial charge in [0, 0.05) is 25.4 Å². The lowest BCUT2D eigenvalue weighted by molar-refractivity contribution is 0.0306. The smallest absolute Gasteiger partial charge is 0.317 e. The number of urea groups is 1. The fourth-order valence-corrected chi connectivity index (χ4v) is 4.78. The molecule has 2 rings (SSSR count). The van der Waals surface area contributed by atoms with E-state index in [1.807, 2.05) is 0 Å². The van der Waals surface area contributed by atoms with Gasteiger partial charge in [0.05, 0.1) is 18.0 Å². The van der Waals surface area contributed by atoms with Gasteiger partial charge in [-0.05, 0) is 25.7 Å². The van der Waals surface area contributed by atoms with Crippen LogP contribution >= 0.6 is 0 Å². The van der Waals surface area contributed by atoms with Gasteiger partial charge in [-0.3, -0.25) is 0 Å². The molecule has 0 bridgehead atoms. The van der Waals surface area contributed by atoms with E-state index in [2.05, 4.69) is 5.32 Å². The van der Waals surface area contributed by atoms with E-state index in [9.17, 15) is 13.2 Å². The second-order valence-electron chi connectivity index (χ2n) is 6.50. The SMILES string of the molecule is CCS(=O)(=O)C1CCN(C(=O)NCCOC2CCCCC2)CC1. The highest BCUT2D eigenvalue weighted by Gasteiger charge is 2.30. The zero-order valence-electron chi connectivity index (χ0n) is 14.1. The van der Waals surface area contributed by atoms with Crippen LogP contribution in [-0.2, 0) is 14.6 Å². The third kappa shape index (κ3) is 5.64. The van der Waals surface area contributed by atoms with Gasteiger partial charge in [-0.15, -0.1) is 0 Å². The topological polar surface area (TPSA) is 75.7 Å². The molecule has 1 saturated carbocycles. The van der Waals surface area contributed by atoms with Crippen molar-refractivity contribution < 1.29 is 17.9 Å². The van der Waals surface area contributed by atoms with Gasteiger partial charge in [0.1, 0.15) is 0 Å². The molecule has 7 heteroatoms. The number of nitrogens with zero attached hydrogens (tertiary/aromatic N) is 1. The highest BCUT2D eigenvalue weighted by molar-refractivity contribution is 7.92. The van der Waals surface area contributed by atoms with Gasteiger partial charge in [0.15, 0.2) is 9.84 Å². The lowest BCUT2D eigenvalue weighted by atomic mass is 9.98. The first-order chi connectivity index (χ1) is 11.0. The van der Waals surface area contributed by atoms with Crippen molar-refractivity contribution >= 4 is 15.9 Å². The number of sulfone groups is 1. The number of carbonyl (C=O) groups is 1. The van der Waals surface area contributed by atoms with E-state index in [1.165, 1.54) is 19.3 Å². The molecule has 2 fully saturated rings. The molecule has 1 saturated heterocycles. The number of ether oxygens (including phenoxy) is 1. The summed E-state index contributed by atoms with van der Waals surface area (Å²) in [4.78, 5) is 13.8. The van der Waals surface area contributed by atoms with E-state index in [1.54, 1.807) is 11.8 Å². The Bertz CT molecular complexity index is 466. The second-order valence-corrected chi connectivity index (χ2v) is 9.07. The molecule has 134 valence electrons. The van der Waals surface area contributed by atoms with Gasteiger partial charge in [0.2, 0.25) is 0 Å². The quantitative estimate of drug-likeness (QED) is 0.746. The molecule has 0 radical (unpaired) electrons. The van der Waals surface area contributed by atoms with E-state index < -0.39 is 9.84 Å². The summed E-state index contributed by atoms with van der Waals surface area (Å²) in [5.41, 5.74) is 0. The lowest BCUT2D eigenvalue weighted by Gasteiger charge is -2.31. The van der Waals surface area contributed by atoms with Crippen LogP contribution in [0.3, 0.4) is 0 Å². The van der Waals surface area contributed by atoms with Gasteiger partial charge >= 0.3 is 6.03 Å². The average molecular weight is 346 g/mol. The third-order valence-electron chi connectivity index (χ3n) is 4.92. The second kappa shape index (κ2) is 8.87. The molecule has 23 heavy (non-hydrogen) atoms. The molecule has 0 aromatic rings. The normalized spacial score (nSPS) is 21.3. The molecule has 1 N–H and O–H groups in total. The van der Waals surface area contributed by atoms with Crippen molar-refractivity contribution in [2.24, 2.45) is 0 Å². The Morgan fingerprint density at radius 1 is 1.13 bits per heavy atom. The molecular formula is C16H30N2O4S. The summed E-state index contributed by atoms with van der Waals surface area (Å²) in [7, 11) is -2.98. The Morgan fingerprint density at radius 2 is 1.78 bits per heavy atom. The average Bonchev–Trinajstić information content (AvgIpc) is 2.59. The minimum absolute atomic E-state index is 0.107. The monoisotopic (exact) mass is 346 g/mol. The van der Waals surface area contributed by atoms with Crippen LogP contribution in [0.15, 0.2) is 0 Å². The van der Waals surface area contributed by atoms with Crippen LogP contribution < -0.4 is 5.32 Å². The Hall–Kier alpha value is -0.820. The van der Waals surface area contributed by atoms with Crippen LogP contribution in [0.4, 0.5) is 4.79 Å². The largest absolute Gasteiger partial charge is 0.376 e. The zero-order valence-corrected chi connectivity index (χ0v) is 14.9. The van der Waals surface area contributed by atoms with Crippen molar-refractivity contribution in [2.45, 2.75) is 63.2 Å². The molecule has 0 unspecified atom stereocenters. The summed E-state index contributed by atoms with van der Waals surface area (Å²) >= 11 is 0. The first-order valence-corrected chi connectivity index (χ1v) is 10.6. The number of piperidine rings is 1. The standard InChI is InChI=1S/C16H30N2O4S/c1-2-23(20,21)15-8-11-18(12-9-15)16(19)17-10-13-22-14-6-4-3-5-7-14/h14-15H,2-13H2,1H3,(H,17,19). The van der Waals surface area contributed by atoms with Crippen molar-refractivity contribution in [3.8, 4) is 0 Å². The van der Waals surface area contributed by atoms with E-state index in [-0.39, 0.29) is 17.0 Å². The summed E-state index contributed by atoms with van der Waals surface area (Å²) in [6, 6.07) is -0.107. The Labute approximate surface area is 139 Å². The molecule has 6 nitrogen and oxygen atoms in total. The Balaban J connectivity index is 1.61. The van der Waals surface area contributed by atoms with E-state index in [0.717, 1.165) is 12.8 Å². The summed E-state index contributed by atoms with van der Waals surface area (Å²) < 4.78 is 29.5. The maximum absolute atomic E-state index is 12.1. The molecule has 2 amide bonds. The van der Waals surface area contributed by atoms with Gasteiger partial charge in [0.25, 0.3) is 0 Å². The van der Waals surface area contributed by atoms with Crippen LogP contribution in [0.2, 0.25) is 0 Å². The predicted octanol–water partition coefficient (Wildman–Crippen LogP) is 1.94. The number of hydrogen-bond donors (Lipinski definition) is 1. The van der Waals surface area contributed by atoms with Crippen molar-refractivity contribution in [1.29, 1.82) is 0 Å². The molecule has 1 aliphatic heterocycles. The van der Waals surface area contributed by atoms with E-state index >= 15 is 0 Å². The fraction of sp³-hybridized carbons (Fsp3) is 0.938. The maximum atomic E-state index is 12.1. The molecular weight excluding hydrogens is 316 g/mol. The number of rotatable bonds is 6. The maximum Gasteiger partial charge on any atom is 0.317 e. The molecule has 1 heterocycles. The molecule has 1 aliphatic carbocycles. The van der Waals surface area contributed by atoms with E-state index in [0.29, 0.717) is 45.2 Å². The van der Waals surface area contributed by atoms with Gasteiger partial charge < -0.3 is 15.0 Å². The fourth-order valence-electron chi connectivity index (χ4n) is 3.38. The number of hydrogen-bond acceptors (Lipinski definition) is 4. The van der Waals surface area contributed by atoms with Crippen LogP contribution in [0.25, 0.3) is 0 Å². The van der Waals surface area contributed by atoms with Gasteiger partial charge in [-0.1, -0.05) is 26.2 Å². The summed E-state index contributed by atoms with van der Waals surface area (Å²) in [6.07, 6.45) is 7.50. The molecule has 2 aliphatic rings. The van der Waals surface area contributed by atoms with Crippen molar-refractivity contribution in [3.63, 3.8) is 0 Å². The molecule has 0 spiro atoms. The Morgan fingerprint density at radius 3 is 2.39 bits per heavy atom. The van der Waals surface area contributed by atoms with Crippen LogP contribution in [0, 0.1) is 0 Å². The van der Waals surface area contributed by atoms with E-state index in [4.69, 9.17) is 4.74 Å². The number of nitrogens with one attached hydrogen (secondary N) is 1. The highest BCUT2D eigenvalue weighted by Crippen LogP contribution is 2.20. The third-order valence-corrected chi connectivity index (χ3v) is 7.22. The predicted molar refractivity (Wildman–Crippen MR) is 90.3 cm³/mol. The molecule has 0 aromatic heterocycles. The number of carbonyl (C=O) groups excluding carboxylic acids is 1. The van der Waals surface area contributed by atoms with Gasteiger partial charge in [-0.25, -0.2) is 13.2 Å². The van der Waals surface area contributed by atoms with Crippen LogP contribution in [0.5, 0.6) is 0 Å². The zero-order chi connectivity index (χ0) is 16.7. The summed E-state index contributed by atoms with van der Waals surface area (Å²) in [5.74, 6) is 0.183. The molecule has 0 aromatic carbocycles. The van der Waals surface area contributed by atoms with Crippen molar-refractivity contribution in [2.75, 3.05) is 32.0 Å². The Kier molecular flexibility index (Phi) is 7.14. The number of amides is 2. The highest BCUT2D eigenvalue weighted by atomic mass is 32.2. The minimum Gasteiger partial charge on any atom is -0.376 e. The van der Waals surface area contributed by atoms with Crippen LogP contribution in [-0.4, -0.2) is 62.7 Å². The van der Waals surface area contributed by atoms with Crippen molar-refractivity contribution in [3.05, 3.63) is 0 Å². The van der Waals surface area contributed by atoms with Gasteiger partial charge in [-0.2, -0.15) is 0 Å². The van der Waals surface area contributed by atoms with Crippen LogP contribution in [0.1, 0.15) is 51.9 Å². The summed E-state index contributed by atoms with van der Waals surface area (Å²) in [5, 5.41) is 2.59. The van der Waals surface area contributed by atoms with Crippen molar-refractivity contribution in [1.82, 2.24) is 10.2 Å². The minimum atomic E-state index is -2.98. The molecule has 0 atom stereocenters. The first-order valence-electron chi connectivity index (χ1n) is 8.89.